The third-order valence-corrected chi connectivity index (χ3v) is 6.29. The maximum absolute atomic E-state index is 14.2. The molecule has 31 heavy (non-hydrogen) atoms. The molecule has 3 aromatic rings. The number of amides is 1. The van der Waals surface area contributed by atoms with Crippen LogP contribution in [0.15, 0.2) is 88.9 Å². The summed E-state index contributed by atoms with van der Waals surface area (Å²) >= 11 is 0. The molecule has 0 unspecified atom stereocenters. The van der Waals surface area contributed by atoms with Crippen LogP contribution in [0.2, 0.25) is 0 Å². The van der Waals surface area contributed by atoms with Crippen molar-refractivity contribution < 1.29 is 17.6 Å². The molecule has 0 spiro atoms. The number of sulfonamides is 1. The molecular weight excluding hydrogens is 417 g/mol. The second-order valence-electron chi connectivity index (χ2n) is 6.88. The summed E-state index contributed by atoms with van der Waals surface area (Å²) in [5.41, 5.74) is 4.16. The van der Waals surface area contributed by atoms with E-state index in [1.54, 1.807) is 18.2 Å². The van der Waals surface area contributed by atoms with Gasteiger partial charge in [-0.25, -0.2) is 18.2 Å². The van der Waals surface area contributed by atoms with Crippen molar-refractivity contribution in [3.05, 3.63) is 101 Å². The van der Waals surface area contributed by atoms with Crippen molar-refractivity contribution in [1.82, 2.24) is 9.73 Å². The second kappa shape index (κ2) is 10.1. The molecule has 0 atom stereocenters. The summed E-state index contributed by atoms with van der Waals surface area (Å²) in [5, 5.41) is 3.87. The van der Waals surface area contributed by atoms with E-state index in [0.29, 0.717) is 0 Å². The maximum atomic E-state index is 14.2. The fourth-order valence-corrected chi connectivity index (χ4v) is 4.19. The lowest BCUT2D eigenvalue weighted by molar-refractivity contribution is -0.121. The first-order valence-electron chi connectivity index (χ1n) is 9.53. The highest BCUT2D eigenvalue weighted by Crippen LogP contribution is 2.20. The fraction of sp³-hybridized carbons (Fsp3) is 0.130. The van der Waals surface area contributed by atoms with Gasteiger partial charge in [0, 0.05) is 12.1 Å². The number of nitrogens with zero attached hydrogens (tertiary/aromatic N) is 2. The van der Waals surface area contributed by atoms with Gasteiger partial charge in [-0.2, -0.15) is 9.41 Å². The average Bonchev–Trinajstić information content (AvgIpc) is 2.76. The number of hydrogen-bond donors (Lipinski definition) is 1. The van der Waals surface area contributed by atoms with E-state index in [0.717, 1.165) is 15.4 Å². The molecule has 160 valence electrons. The van der Waals surface area contributed by atoms with E-state index in [2.05, 4.69) is 10.5 Å². The van der Waals surface area contributed by atoms with Crippen molar-refractivity contribution in [2.75, 3.05) is 6.54 Å². The van der Waals surface area contributed by atoms with Crippen LogP contribution < -0.4 is 5.43 Å². The number of rotatable bonds is 8. The van der Waals surface area contributed by atoms with Gasteiger partial charge in [0.15, 0.2) is 0 Å². The molecule has 0 fully saturated rings. The van der Waals surface area contributed by atoms with E-state index in [-0.39, 0.29) is 17.0 Å². The van der Waals surface area contributed by atoms with Crippen LogP contribution in [-0.2, 0) is 21.4 Å². The minimum absolute atomic E-state index is 0.0232. The van der Waals surface area contributed by atoms with Crippen LogP contribution in [-0.4, -0.2) is 31.4 Å². The van der Waals surface area contributed by atoms with E-state index in [4.69, 9.17) is 0 Å². The normalized spacial score (nSPS) is 11.7. The predicted molar refractivity (Wildman–Crippen MR) is 117 cm³/mol. The summed E-state index contributed by atoms with van der Waals surface area (Å²) < 4.78 is 41.5. The van der Waals surface area contributed by atoms with Crippen LogP contribution in [0.25, 0.3) is 0 Å². The van der Waals surface area contributed by atoms with Crippen LogP contribution >= 0.6 is 0 Å². The molecule has 8 heteroatoms. The van der Waals surface area contributed by atoms with Crippen molar-refractivity contribution in [3.63, 3.8) is 0 Å². The summed E-state index contributed by atoms with van der Waals surface area (Å²) in [5.74, 6) is -1.19. The number of carbonyl (C=O) groups excluding carboxylic acids is 1. The van der Waals surface area contributed by atoms with Crippen LogP contribution in [0, 0.1) is 12.7 Å². The number of benzene rings is 3. The quantitative estimate of drug-likeness (QED) is 0.431. The van der Waals surface area contributed by atoms with Gasteiger partial charge in [0.05, 0.1) is 17.7 Å². The van der Waals surface area contributed by atoms with E-state index in [1.807, 2.05) is 37.3 Å². The van der Waals surface area contributed by atoms with Crippen LogP contribution in [0.3, 0.4) is 0 Å². The first-order valence-corrected chi connectivity index (χ1v) is 11.0. The lowest BCUT2D eigenvalue weighted by atomic mass is 10.2. The highest BCUT2D eigenvalue weighted by Gasteiger charge is 2.27. The summed E-state index contributed by atoms with van der Waals surface area (Å²) in [6.45, 7) is 1.03. The highest BCUT2D eigenvalue weighted by molar-refractivity contribution is 7.89. The first-order chi connectivity index (χ1) is 14.9. The number of hydrogen-bond acceptors (Lipinski definition) is 4. The molecule has 0 aliphatic rings. The summed E-state index contributed by atoms with van der Waals surface area (Å²) in [6.07, 6.45) is 1.45. The van der Waals surface area contributed by atoms with E-state index >= 15 is 0 Å². The van der Waals surface area contributed by atoms with Crippen LogP contribution in [0.1, 0.15) is 16.7 Å². The molecule has 0 saturated heterocycles. The SMILES string of the molecule is Cc1ccc(S(=O)(=O)N(CC(=O)N/N=C\c2ccccc2)Cc2ccccc2F)cc1. The Morgan fingerprint density at radius 2 is 1.65 bits per heavy atom. The summed E-state index contributed by atoms with van der Waals surface area (Å²) in [6, 6.07) is 21.2. The number of nitrogens with one attached hydrogen (secondary N) is 1. The molecule has 0 bridgehead atoms. The molecular formula is C23H22FN3O3S. The molecule has 3 aromatic carbocycles. The predicted octanol–water partition coefficient (Wildman–Crippen LogP) is 3.48. The molecule has 1 N–H and O–H groups in total. The number of aryl methyl sites for hydroxylation is 1. The minimum atomic E-state index is -4.05. The Morgan fingerprint density at radius 3 is 2.32 bits per heavy atom. The molecule has 3 rings (SSSR count). The van der Waals surface area contributed by atoms with E-state index < -0.39 is 28.3 Å². The Kier molecular flexibility index (Phi) is 7.28. The average molecular weight is 440 g/mol. The fourth-order valence-electron chi connectivity index (χ4n) is 2.82. The van der Waals surface area contributed by atoms with Crippen molar-refractivity contribution in [2.24, 2.45) is 5.10 Å². The maximum Gasteiger partial charge on any atom is 0.255 e. The summed E-state index contributed by atoms with van der Waals surface area (Å²) in [4.78, 5) is 12.4. The molecule has 0 aliphatic heterocycles. The van der Waals surface area contributed by atoms with Gasteiger partial charge in [-0.15, -0.1) is 0 Å². The Labute approximate surface area is 181 Å². The Hall–Kier alpha value is -3.36. The first kappa shape index (κ1) is 22.3. The van der Waals surface area contributed by atoms with Gasteiger partial charge >= 0.3 is 0 Å². The zero-order chi connectivity index (χ0) is 22.3. The molecule has 0 aliphatic carbocycles. The van der Waals surface area contributed by atoms with Crippen molar-refractivity contribution in [3.8, 4) is 0 Å². The molecule has 6 nitrogen and oxygen atoms in total. The van der Waals surface area contributed by atoms with Gasteiger partial charge in [0.2, 0.25) is 10.0 Å². The summed E-state index contributed by atoms with van der Waals surface area (Å²) in [7, 11) is -4.05. The Morgan fingerprint density at radius 1 is 1.00 bits per heavy atom. The molecule has 1 amide bonds. The molecule has 0 aromatic heterocycles. The largest absolute Gasteiger partial charge is 0.272 e. The number of carbonyl (C=O) groups is 1. The molecule has 0 saturated carbocycles. The van der Waals surface area contributed by atoms with Gasteiger partial charge in [-0.1, -0.05) is 66.2 Å². The van der Waals surface area contributed by atoms with Gasteiger partial charge in [0.25, 0.3) is 5.91 Å². The Bertz CT molecular complexity index is 1160. The monoisotopic (exact) mass is 439 g/mol. The lowest BCUT2D eigenvalue weighted by Crippen LogP contribution is -2.39. The second-order valence-corrected chi connectivity index (χ2v) is 8.82. The third-order valence-electron chi connectivity index (χ3n) is 4.49. The van der Waals surface area contributed by atoms with E-state index in [9.17, 15) is 17.6 Å². The van der Waals surface area contributed by atoms with Gasteiger partial charge in [-0.05, 0) is 30.7 Å². The van der Waals surface area contributed by atoms with Crippen molar-refractivity contribution in [2.45, 2.75) is 18.4 Å². The third kappa shape index (κ3) is 6.07. The standard InChI is InChI=1S/C23H22FN3O3S/c1-18-11-13-21(14-12-18)31(29,30)27(16-20-9-5-6-10-22(20)24)17-23(28)26-25-15-19-7-3-2-4-8-19/h2-15H,16-17H2,1H3,(H,26,28)/b25-15-. The lowest BCUT2D eigenvalue weighted by Gasteiger charge is -2.22. The number of hydrazone groups is 1. The number of halogens is 1. The van der Waals surface area contributed by atoms with Gasteiger partial charge < -0.3 is 0 Å². The zero-order valence-corrected chi connectivity index (χ0v) is 17.7. The van der Waals surface area contributed by atoms with Crippen molar-refractivity contribution in [1.29, 1.82) is 0 Å². The van der Waals surface area contributed by atoms with E-state index in [1.165, 1.54) is 36.5 Å². The van der Waals surface area contributed by atoms with Gasteiger partial charge in [0.1, 0.15) is 5.82 Å². The Balaban J connectivity index is 1.81. The highest BCUT2D eigenvalue weighted by atomic mass is 32.2. The molecule has 0 heterocycles. The smallest absolute Gasteiger partial charge is 0.255 e. The molecule has 0 radical (unpaired) electrons. The van der Waals surface area contributed by atoms with Crippen LogP contribution in [0.5, 0.6) is 0 Å². The van der Waals surface area contributed by atoms with Crippen LogP contribution in [0.4, 0.5) is 4.39 Å². The zero-order valence-electron chi connectivity index (χ0n) is 16.9. The van der Waals surface area contributed by atoms with Crippen molar-refractivity contribution >= 4 is 22.1 Å². The van der Waals surface area contributed by atoms with Gasteiger partial charge in [-0.3, -0.25) is 4.79 Å². The topological polar surface area (TPSA) is 78.8 Å². The minimum Gasteiger partial charge on any atom is -0.272 e.